The highest BCUT2D eigenvalue weighted by Gasteiger charge is 2.28. The van der Waals surface area contributed by atoms with Gasteiger partial charge in [-0.1, -0.05) is 30.3 Å². The third-order valence-electron chi connectivity index (χ3n) is 4.73. The van der Waals surface area contributed by atoms with E-state index in [-0.39, 0.29) is 17.9 Å². The summed E-state index contributed by atoms with van der Waals surface area (Å²) in [6.07, 6.45) is 4.59. The van der Waals surface area contributed by atoms with Crippen LogP contribution in [-0.4, -0.2) is 45.3 Å². The summed E-state index contributed by atoms with van der Waals surface area (Å²) in [6, 6.07) is 13.7. The molecule has 0 bridgehead atoms. The van der Waals surface area contributed by atoms with E-state index in [0.29, 0.717) is 18.8 Å². The first-order valence-corrected chi connectivity index (χ1v) is 8.53. The van der Waals surface area contributed by atoms with Crippen LogP contribution in [0.4, 0.5) is 0 Å². The van der Waals surface area contributed by atoms with Crippen molar-refractivity contribution in [3.05, 3.63) is 59.9 Å². The lowest BCUT2D eigenvalue weighted by molar-refractivity contribution is 0.0433. The van der Waals surface area contributed by atoms with Crippen LogP contribution in [0.3, 0.4) is 0 Å². The van der Waals surface area contributed by atoms with Gasteiger partial charge in [-0.25, -0.2) is 0 Å². The lowest BCUT2D eigenvalue weighted by atomic mass is 9.88. The summed E-state index contributed by atoms with van der Waals surface area (Å²) < 4.78 is 0. The molecular weight excluding hydrogens is 302 g/mol. The van der Waals surface area contributed by atoms with Crippen molar-refractivity contribution in [3.63, 3.8) is 0 Å². The molecule has 1 atom stereocenters. The van der Waals surface area contributed by atoms with Crippen molar-refractivity contribution in [2.45, 2.75) is 31.8 Å². The van der Waals surface area contributed by atoms with Gasteiger partial charge in [-0.2, -0.15) is 5.10 Å². The fourth-order valence-electron chi connectivity index (χ4n) is 3.26. The van der Waals surface area contributed by atoms with Crippen molar-refractivity contribution in [3.8, 4) is 0 Å². The summed E-state index contributed by atoms with van der Waals surface area (Å²) in [6.45, 7) is 1.34. The summed E-state index contributed by atoms with van der Waals surface area (Å²) >= 11 is 0. The third kappa shape index (κ3) is 4.17. The fraction of sp³-hybridized carbons (Fsp3) is 0.421. The zero-order valence-electron chi connectivity index (χ0n) is 13.7. The van der Waals surface area contributed by atoms with Crippen LogP contribution in [0.15, 0.2) is 48.7 Å². The molecule has 1 amide bonds. The maximum Gasteiger partial charge on any atom is 0.274 e. The molecule has 1 aromatic carbocycles. The van der Waals surface area contributed by atoms with Crippen molar-refractivity contribution in [1.29, 1.82) is 0 Å². The van der Waals surface area contributed by atoms with Crippen LogP contribution >= 0.6 is 0 Å². The minimum atomic E-state index is -0.307. The van der Waals surface area contributed by atoms with Gasteiger partial charge in [-0.05, 0) is 49.3 Å². The highest BCUT2D eigenvalue weighted by molar-refractivity contribution is 5.92. The summed E-state index contributed by atoms with van der Waals surface area (Å²) in [5, 5.41) is 18.1. The van der Waals surface area contributed by atoms with Gasteiger partial charge in [-0.15, -0.1) is 5.10 Å². The Morgan fingerprint density at radius 2 is 1.92 bits per heavy atom. The number of amides is 1. The van der Waals surface area contributed by atoms with E-state index in [2.05, 4.69) is 22.3 Å². The van der Waals surface area contributed by atoms with E-state index in [0.717, 1.165) is 25.7 Å². The molecule has 2 aromatic rings. The van der Waals surface area contributed by atoms with Crippen molar-refractivity contribution in [1.82, 2.24) is 15.1 Å². The van der Waals surface area contributed by atoms with Crippen LogP contribution < -0.4 is 0 Å². The van der Waals surface area contributed by atoms with E-state index in [1.54, 1.807) is 18.3 Å². The second kappa shape index (κ2) is 8.02. The van der Waals surface area contributed by atoms with Crippen LogP contribution in [0.2, 0.25) is 0 Å². The quantitative estimate of drug-likeness (QED) is 0.916. The minimum Gasteiger partial charge on any atom is -0.393 e. The lowest BCUT2D eigenvalue weighted by Gasteiger charge is -2.34. The second-order valence-corrected chi connectivity index (χ2v) is 6.33. The average molecular weight is 325 g/mol. The molecule has 1 aliphatic rings. The lowest BCUT2D eigenvalue weighted by Crippen LogP contribution is -2.41. The van der Waals surface area contributed by atoms with Gasteiger partial charge >= 0.3 is 0 Å². The fourth-order valence-corrected chi connectivity index (χ4v) is 3.26. The molecular formula is C19H23N3O2. The molecule has 5 heteroatoms. The third-order valence-corrected chi connectivity index (χ3v) is 4.73. The molecule has 126 valence electrons. The Bertz CT molecular complexity index is 640. The Kier molecular flexibility index (Phi) is 5.54. The van der Waals surface area contributed by atoms with Gasteiger partial charge in [0, 0.05) is 19.3 Å². The largest absolute Gasteiger partial charge is 0.393 e. The molecule has 0 radical (unpaired) electrons. The molecule has 1 aliphatic heterocycles. The Morgan fingerprint density at radius 1 is 1.17 bits per heavy atom. The highest BCUT2D eigenvalue weighted by atomic mass is 16.3. The molecule has 0 spiro atoms. The van der Waals surface area contributed by atoms with Crippen molar-refractivity contribution in [2.24, 2.45) is 5.92 Å². The Morgan fingerprint density at radius 3 is 2.58 bits per heavy atom. The minimum absolute atomic E-state index is 0.0691. The molecule has 1 N–H and O–H groups in total. The number of carbonyl (C=O) groups is 1. The first kappa shape index (κ1) is 16.6. The summed E-state index contributed by atoms with van der Waals surface area (Å²) in [5.41, 5.74) is 1.65. The molecule has 24 heavy (non-hydrogen) atoms. The zero-order valence-corrected chi connectivity index (χ0v) is 13.7. The van der Waals surface area contributed by atoms with E-state index in [4.69, 9.17) is 0 Å². The van der Waals surface area contributed by atoms with Gasteiger partial charge in [-0.3, -0.25) is 4.79 Å². The topological polar surface area (TPSA) is 66.3 Å². The van der Waals surface area contributed by atoms with Crippen LogP contribution in [0.25, 0.3) is 0 Å². The molecule has 3 rings (SSSR count). The van der Waals surface area contributed by atoms with E-state index >= 15 is 0 Å². The number of carbonyl (C=O) groups excluding carboxylic acids is 1. The standard InChI is InChI=1S/C19H23N3O2/c23-18(9-8-15-5-2-1-3-6-15)16-10-13-22(14-11-16)19(24)17-7-4-12-20-21-17/h1-7,12,16,18,23H,8-11,13-14H2/t18-/m0/s1. The molecule has 0 saturated carbocycles. The summed E-state index contributed by atoms with van der Waals surface area (Å²) in [4.78, 5) is 14.2. The average Bonchev–Trinajstić information content (AvgIpc) is 2.67. The normalized spacial score (nSPS) is 16.8. The molecule has 5 nitrogen and oxygen atoms in total. The van der Waals surface area contributed by atoms with Gasteiger partial charge in [0.1, 0.15) is 0 Å². The number of aliphatic hydroxyl groups is 1. The highest BCUT2D eigenvalue weighted by Crippen LogP contribution is 2.24. The van der Waals surface area contributed by atoms with Crippen LogP contribution in [0.5, 0.6) is 0 Å². The number of aliphatic hydroxyl groups excluding tert-OH is 1. The molecule has 1 saturated heterocycles. The predicted octanol–water partition coefficient (Wildman–Crippen LogP) is 2.32. The molecule has 0 unspecified atom stereocenters. The van der Waals surface area contributed by atoms with Gasteiger partial charge in [0.25, 0.3) is 5.91 Å². The number of aryl methyl sites for hydroxylation is 1. The van der Waals surface area contributed by atoms with Crippen molar-refractivity contribution < 1.29 is 9.90 Å². The monoisotopic (exact) mass is 325 g/mol. The number of hydrogen-bond donors (Lipinski definition) is 1. The Labute approximate surface area is 142 Å². The van der Waals surface area contributed by atoms with E-state index in [1.165, 1.54) is 5.56 Å². The van der Waals surface area contributed by atoms with Gasteiger partial charge < -0.3 is 10.0 Å². The number of piperidine rings is 1. The van der Waals surface area contributed by atoms with Crippen molar-refractivity contribution in [2.75, 3.05) is 13.1 Å². The number of rotatable bonds is 5. The second-order valence-electron chi connectivity index (χ2n) is 6.33. The number of likely N-dealkylation sites (tertiary alicyclic amines) is 1. The van der Waals surface area contributed by atoms with Gasteiger partial charge in [0.15, 0.2) is 5.69 Å². The SMILES string of the molecule is O=C(c1cccnn1)N1CCC([C@@H](O)CCc2ccccc2)CC1. The Balaban J connectivity index is 1.47. The number of hydrogen-bond acceptors (Lipinski definition) is 4. The summed E-state index contributed by atoms with van der Waals surface area (Å²) in [5.74, 6) is 0.194. The molecule has 2 heterocycles. The number of nitrogens with zero attached hydrogens (tertiary/aromatic N) is 3. The first-order valence-electron chi connectivity index (χ1n) is 8.53. The van der Waals surface area contributed by atoms with Crippen LogP contribution in [0.1, 0.15) is 35.3 Å². The van der Waals surface area contributed by atoms with E-state index in [1.807, 2.05) is 23.1 Å². The van der Waals surface area contributed by atoms with Crippen LogP contribution in [-0.2, 0) is 6.42 Å². The predicted molar refractivity (Wildman–Crippen MR) is 91.4 cm³/mol. The molecule has 0 aliphatic carbocycles. The van der Waals surface area contributed by atoms with E-state index < -0.39 is 0 Å². The maximum atomic E-state index is 12.3. The van der Waals surface area contributed by atoms with Crippen LogP contribution in [0, 0.1) is 5.92 Å². The van der Waals surface area contributed by atoms with Gasteiger partial charge in [0.2, 0.25) is 0 Å². The summed E-state index contributed by atoms with van der Waals surface area (Å²) in [7, 11) is 0. The van der Waals surface area contributed by atoms with E-state index in [9.17, 15) is 9.90 Å². The Hall–Kier alpha value is -2.27. The number of benzene rings is 1. The molecule has 1 aromatic heterocycles. The number of aromatic nitrogens is 2. The van der Waals surface area contributed by atoms with Crippen molar-refractivity contribution >= 4 is 5.91 Å². The molecule has 1 fully saturated rings. The first-order chi connectivity index (χ1) is 11.7. The van der Waals surface area contributed by atoms with Gasteiger partial charge in [0.05, 0.1) is 6.10 Å². The maximum absolute atomic E-state index is 12.3. The smallest absolute Gasteiger partial charge is 0.274 e. The zero-order chi connectivity index (χ0) is 16.8.